The number of aromatic nitrogens is 1. The molecule has 0 aliphatic carbocycles. The quantitative estimate of drug-likeness (QED) is 0.708. The van der Waals surface area contributed by atoms with E-state index in [9.17, 15) is 9.18 Å². The van der Waals surface area contributed by atoms with Gasteiger partial charge in [0.05, 0.1) is 25.4 Å². The minimum atomic E-state index is -0.521. The number of ether oxygens (including phenoxy) is 2. The highest BCUT2D eigenvalue weighted by atomic mass is 32.1. The van der Waals surface area contributed by atoms with Crippen LogP contribution in [0.3, 0.4) is 0 Å². The third-order valence-corrected chi connectivity index (χ3v) is 5.50. The average molecular weight is 423 g/mol. The molecule has 1 amide bonds. The van der Waals surface area contributed by atoms with Gasteiger partial charge in [-0.2, -0.15) is 0 Å². The number of hydrogen-bond acceptors (Lipinski definition) is 7. The molecule has 1 aliphatic heterocycles. The van der Waals surface area contributed by atoms with E-state index >= 15 is 0 Å². The molecule has 1 aliphatic rings. The number of alkyl carbamates (subject to hydrolysis) is 1. The Balaban J connectivity index is 1.78. The molecule has 1 saturated heterocycles. The van der Waals surface area contributed by atoms with Crippen molar-refractivity contribution < 1.29 is 18.7 Å². The maximum atomic E-state index is 13.4. The SMILES string of the molecule is CCOC(=O)NC(C)(C)CNc1nc(-c2ccc(F)cc2)c(N2CCOCC2)s1. The van der Waals surface area contributed by atoms with E-state index in [-0.39, 0.29) is 5.82 Å². The number of thiazole rings is 1. The lowest BCUT2D eigenvalue weighted by atomic mass is 10.1. The summed E-state index contributed by atoms with van der Waals surface area (Å²) in [6.45, 7) is 9.29. The molecule has 29 heavy (non-hydrogen) atoms. The second-order valence-electron chi connectivity index (χ2n) is 7.36. The van der Waals surface area contributed by atoms with Gasteiger partial charge in [-0.1, -0.05) is 11.3 Å². The molecule has 2 aromatic rings. The number of rotatable bonds is 7. The van der Waals surface area contributed by atoms with Gasteiger partial charge in [0.25, 0.3) is 0 Å². The van der Waals surface area contributed by atoms with Crippen LogP contribution in [0.5, 0.6) is 0 Å². The van der Waals surface area contributed by atoms with Gasteiger partial charge in [0.1, 0.15) is 16.5 Å². The molecule has 0 spiro atoms. The minimum Gasteiger partial charge on any atom is -0.450 e. The lowest BCUT2D eigenvalue weighted by Crippen LogP contribution is -2.48. The summed E-state index contributed by atoms with van der Waals surface area (Å²) in [4.78, 5) is 18.7. The van der Waals surface area contributed by atoms with Crippen LogP contribution < -0.4 is 15.5 Å². The standard InChI is InChI=1S/C20H27FN4O3S/c1-4-28-19(26)24-20(2,3)13-22-18-23-16(14-5-7-15(21)8-6-14)17(29-18)25-9-11-27-12-10-25/h5-8H,4,9-13H2,1-3H3,(H,22,23)(H,24,26). The first-order valence-corrected chi connectivity index (χ1v) is 10.5. The third-order valence-electron chi connectivity index (χ3n) is 4.42. The van der Waals surface area contributed by atoms with Gasteiger partial charge in [-0.15, -0.1) is 0 Å². The molecule has 2 N–H and O–H groups in total. The Morgan fingerprint density at radius 1 is 1.31 bits per heavy atom. The number of benzene rings is 1. The molecule has 1 aromatic heterocycles. The van der Waals surface area contributed by atoms with Crippen molar-refractivity contribution in [2.45, 2.75) is 26.3 Å². The highest BCUT2D eigenvalue weighted by Gasteiger charge is 2.24. The van der Waals surface area contributed by atoms with Crippen LogP contribution in [0.1, 0.15) is 20.8 Å². The van der Waals surface area contributed by atoms with E-state index in [0.29, 0.717) is 26.4 Å². The van der Waals surface area contributed by atoms with Crippen LogP contribution in [0.15, 0.2) is 24.3 Å². The number of morpholine rings is 1. The highest BCUT2D eigenvalue weighted by Crippen LogP contribution is 2.39. The average Bonchev–Trinajstić information content (AvgIpc) is 3.12. The molecule has 0 bridgehead atoms. The number of hydrogen-bond donors (Lipinski definition) is 2. The molecule has 3 rings (SSSR count). The fourth-order valence-electron chi connectivity index (χ4n) is 2.95. The molecule has 1 fully saturated rings. The number of amides is 1. The molecule has 158 valence electrons. The largest absolute Gasteiger partial charge is 0.450 e. The Bertz CT molecular complexity index is 820. The van der Waals surface area contributed by atoms with Gasteiger partial charge >= 0.3 is 6.09 Å². The molecule has 0 saturated carbocycles. The smallest absolute Gasteiger partial charge is 0.407 e. The summed E-state index contributed by atoms with van der Waals surface area (Å²) in [7, 11) is 0. The van der Waals surface area contributed by atoms with E-state index in [4.69, 9.17) is 14.5 Å². The molecular formula is C20H27FN4O3S. The van der Waals surface area contributed by atoms with Gasteiger partial charge < -0.3 is 25.0 Å². The summed E-state index contributed by atoms with van der Waals surface area (Å²) in [5, 5.41) is 7.92. The Labute approximate surface area is 174 Å². The number of halogens is 1. The summed E-state index contributed by atoms with van der Waals surface area (Å²) >= 11 is 1.55. The van der Waals surface area contributed by atoms with Crippen molar-refractivity contribution in [1.29, 1.82) is 0 Å². The molecule has 7 nitrogen and oxygen atoms in total. The molecular weight excluding hydrogens is 395 g/mol. The fourth-order valence-corrected chi connectivity index (χ4v) is 3.98. The Hall–Kier alpha value is -2.39. The van der Waals surface area contributed by atoms with Crippen LogP contribution in [0.4, 0.5) is 19.3 Å². The summed E-state index contributed by atoms with van der Waals surface area (Å²) < 4.78 is 23.8. The van der Waals surface area contributed by atoms with Crippen molar-refractivity contribution in [3.8, 4) is 11.3 Å². The predicted molar refractivity (Wildman–Crippen MR) is 113 cm³/mol. The normalized spacial score (nSPS) is 14.6. The summed E-state index contributed by atoms with van der Waals surface area (Å²) in [5.41, 5.74) is 1.16. The van der Waals surface area contributed by atoms with Gasteiger partial charge in [0.2, 0.25) is 0 Å². The van der Waals surface area contributed by atoms with Crippen molar-refractivity contribution in [1.82, 2.24) is 10.3 Å². The molecule has 0 radical (unpaired) electrons. The summed E-state index contributed by atoms with van der Waals surface area (Å²) in [6, 6.07) is 6.36. The maximum Gasteiger partial charge on any atom is 0.407 e. The highest BCUT2D eigenvalue weighted by molar-refractivity contribution is 7.20. The number of nitrogens with zero attached hydrogens (tertiary/aromatic N) is 2. The maximum absolute atomic E-state index is 13.4. The van der Waals surface area contributed by atoms with E-state index in [1.807, 2.05) is 13.8 Å². The van der Waals surface area contributed by atoms with Crippen molar-refractivity contribution in [3.05, 3.63) is 30.1 Å². The van der Waals surface area contributed by atoms with Crippen LogP contribution in [-0.2, 0) is 9.47 Å². The van der Waals surface area contributed by atoms with Crippen LogP contribution in [0.2, 0.25) is 0 Å². The monoisotopic (exact) mass is 422 g/mol. The second-order valence-corrected chi connectivity index (χ2v) is 8.34. The zero-order valence-electron chi connectivity index (χ0n) is 17.0. The zero-order valence-corrected chi connectivity index (χ0v) is 17.8. The summed E-state index contributed by atoms with van der Waals surface area (Å²) in [5.74, 6) is -0.276. The Morgan fingerprint density at radius 3 is 2.66 bits per heavy atom. The summed E-state index contributed by atoms with van der Waals surface area (Å²) in [6.07, 6.45) is -0.445. The molecule has 0 unspecified atom stereocenters. The first kappa shape index (κ1) is 21.3. The van der Waals surface area contributed by atoms with Crippen molar-refractivity contribution >= 4 is 27.6 Å². The topological polar surface area (TPSA) is 75.7 Å². The van der Waals surface area contributed by atoms with Gasteiger partial charge in [-0.25, -0.2) is 14.2 Å². The first-order valence-electron chi connectivity index (χ1n) is 9.66. The fraction of sp³-hybridized carbons (Fsp3) is 0.500. The molecule has 2 heterocycles. The number of anilines is 2. The van der Waals surface area contributed by atoms with Gasteiger partial charge in [-0.3, -0.25) is 0 Å². The van der Waals surface area contributed by atoms with E-state index in [1.165, 1.54) is 12.1 Å². The van der Waals surface area contributed by atoms with Crippen LogP contribution in [-0.4, -0.2) is 56.1 Å². The number of nitrogens with one attached hydrogen (secondary N) is 2. The number of carbonyl (C=O) groups excluding carboxylic acids is 1. The Morgan fingerprint density at radius 2 is 2.00 bits per heavy atom. The lowest BCUT2D eigenvalue weighted by molar-refractivity contribution is 0.123. The van der Waals surface area contributed by atoms with Gasteiger partial charge in [0.15, 0.2) is 5.13 Å². The second kappa shape index (κ2) is 9.41. The molecule has 0 atom stereocenters. The van der Waals surface area contributed by atoms with Crippen molar-refractivity contribution in [2.75, 3.05) is 49.7 Å². The van der Waals surface area contributed by atoms with Crippen LogP contribution >= 0.6 is 11.3 Å². The van der Waals surface area contributed by atoms with E-state index in [0.717, 1.165) is 34.5 Å². The van der Waals surface area contributed by atoms with Crippen LogP contribution in [0, 0.1) is 5.82 Å². The van der Waals surface area contributed by atoms with E-state index in [2.05, 4.69) is 15.5 Å². The predicted octanol–water partition coefficient (Wildman–Crippen LogP) is 3.72. The molecule has 1 aromatic carbocycles. The number of carbonyl (C=O) groups is 1. The zero-order chi connectivity index (χ0) is 20.9. The van der Waals surface area contributed by atoms with Crippen molar-refractivity contribution in [2.24, 2.45) is 0 Å². The third kappa shape index (κ3) is 5.80. The van der Waals surface area contributed by atoms with Crippen LogP contribution in [0.25, 0.3) is 11.3 Å². The lowest BCUT2D eigenvalue weighted by Gasteiger charge is -2.28. The van der Waals surface area contributed by atoms with Crippen molar-refractivity contribution in [3.63, 3.8) is 0 Å². The van der Waals surface area contributed by atoms with E-state index < -0.39 is 11.6 Å². The minimum absolute atomic E-state index is 0.276. The first-order chi connectivity index (χ1) is 13.9. The van der Waals surface area contributed by atoms with Gasteiger partial charge in [0, 0.05) is 25.2 Å². The molecule has 9 heteroatoms. The van der Waals surface area contributed by atoms with Gasteiger partial charge in [-0.05, 0) is 45.0 Å². The van der Waals surface area contributed by atoms with E-state index in [1.54, 1.807) is 30.4 Å². The Kier molecular flexibility index (Phi) is 6.92.